The summed E-state index contributed by atoms with van der Waals surface area (Å²) in [6, 6.07) is 16.9. The summed E-state index contributed by atoms with van der Waals surface area (Å²) >= 11 is 0. The van der Waals surface area contributed by atoms with E-state index in [2.05, 4.69) is 10.6 Å². The zero-order chi connectivity index (χ0) is 16.9. The monoisotopic (exact) mass is 310 g/mol. The van der Waals surface area contributed by atoms with Crippen LogP contribution in [0.3, 0.4) is 0 Å². The number of carbonyl (C=O) groups excluding carboxylic acids is 2. The molecule has 2 aromatic rings. The average Bonchev–Trinajstić information content (AvgIpc) is 2.60. The summed E-state index contributed by atoms with van der Waals surface area (Å²) < 4.78 is 0. The van der Waals surface area contributed by atoms with Crippen molar-refractivity contribution in [3.63, 3.8) is 0 Å². The van der Waals surface area contributed by atoms with E-state index < -0.39 is 5.41 Å². The second-order valence-electron chi connectivity index (χ2n) is 5.95. The molecule has 0 unspecified atom stereocenters. The SMILES string of the molecule is CNC(=O)c1ccc(CNC(=O)C(C)(C)c2ccccc2)cc1. The van der Waals surface area contributed by atoms with E-state index in [1.54, 1.807) is 19.2 Å². The van der Waals surface area contributed by atoms with Gasteiger partial charge in [-0.1, -0.05) is 42.5 Å². The molecule has 0 spiro atoms. The van der Waals surface area contributed by atoms with Crippen LogP contribution in [0.4, 0.5) is 0 Å². The van der Waals surface area contributed by atoms with Crippen molar-refractivity contribution in [1.29, 1.82) is 0 Å². The topological polar surface area (TPSA) is 58.2 Å². The first-order valence-electron chi connectivity index (χ1n) is 7.60. The second-order valence-corrected chi connectivity index (χ2v) is 5.95. The van der Waals surface area contributed by atoms with Crippen LogP contribution < -0.4 is 10.6 Å². The molecule has 0 saturated heterocycles. The Morgan fingerprint density at radius 2 is 1.57 bits per heavy atom. The first-order valence-corrected chi connectivity index (χ1v) is 7.60. The fourth-order valence-electron chi connectivity index (χ4n) is 2.31. The fraction of sp³-hybridized carbons (Fsp3) is 0.263. The van der Waals surface area contributed by atoms with Crippen molar-refractivity contribution >= 4 is 11.8 Å². The maximum absolute atomic E-state index is 12.5. The lowest BCUT2D eigenvalue weighted by molar-refractivity contribution is -0.125. The molecule has 0 aliphatic heterocycles. The minimum Gasteiger partial charge on any atom is -0.355 e. The third-order valence-electron chi connectivity index (χ3n) is 3.96. The predicted molar refractivity (Wildman–Crippen MR) is 91.1 cm³/mol. The lowest BCUT2D eigenvalue weighted by Gasteiger charge is -2.24. The number of hydrogen-bond donors (Lipinski definition) is 2. The largest absolute Gasteiger partial charge is 0.355 e. The van der Waals surface area contributed by atoms with Crippen LogP contribution in [0, 0.1) is 0 Å². The third-order valence-corrected chi connectivity index (χ3v) is 3.96. The van der Waals surface area contributed by atoms with Crippen molar-refractivity contribution in [1.82, 2.24) is 10.6 Å². The lowest BCUT2D eigenvalue weighted by atomic mass is 9.84. The van der Waals surface area contributed by atoms with E-state index in [0.717, 1.165) is 11.1 Å². The molecule has 120 valence electrons. The second kappa shape index (κ2) is 7.09. The van der Waals surface area contributed by atoms with Crippen LogP contribution in [-0.2, 0) is 16.8 Å². The Labute approximate surface area is 136 Å². The highest BCUT2D eigenvalue weighted by Crippen LogP contribution is 2.23. The highest BCUT2D eigenvalue weighted by atomic mass is 16.2. The molecule has 0 fully saturated rings. The van der Waals surface area contributed by atoms with Crippen molar-refractivity contribution in [3.8, 4) is 0 Å². The fourth-order valence-corrected chi connectivity index (χ4v) is 2.31. The van der Waals surface area contributed by atoms with Gasteiger partial charge in [0.2, 0.25) is 5.91 Å². The minimum atomic E-state index is -0.594. The molecule has 0 heterocycles. The van der Waals surface area contributed by atoms with Crippen LogP contribution in [0.2, 0.25) is 0 Å². The van der Waals surface area contributed by atoms with Gasteiger partial charge in [0, 0.05) is 19.2 Å². The Bertz CT molecular complexity index is 676. The number of nitrogens with one attached hydrogen (secondary N) is 2. The third kappa shape index (κ3) is 3.97. The first-order chi connectivity index (χ1) is 10.9. The highest BCUT2D eigenvalue weighted by molar-refractivity contribution is 5.94. The van der Waals surface area contributed by atoms with E-state index in [4.69, 9.17) is 0 Å². The summed E-state index contributed by atoms with van der Waals surface area (Å²) in [5.74, 6) is -0.148. The summed E-state index contributed by atoms with van der Waals surface area (Å²) in [4.78, 5) is 24.0. The van der Waals surface area contributed by atoms with E-state index in [9.17, 15) is 9.59 Å². The molecule has 2 amide bonds. The van der Waals surface area contributed by atoms with Crippen LogP contribution in [0.1, 0.15) is 35.3 Å². The van der Waals surface area contributed by atoms with E-state index in [1.807, 2.05) is 56.3 Å². The molecule has 0 aliphatic rings. The summed E-state index contributed by atoms with van der Waals surface area (Å²) in [6.45, 7) is 4.25. The zero-order valence-corrected chi connectivity index (χ0v) is 13.7. The Morgan fingerprint density at radius 1 is 0.957 bits per heavy atom. The smallest absolute Gasteiger partial charge is 0.251 e. The van der Waals surface area contributed by atoms with Gasteiger partial charge in [-0.05, 0) is 37.1 Å². The van der Waals surface area contributed by atoms with E-state index in [0.29, 0.717) is 12.1 Å². The van der Waals surface area contributed by atoms with Crippen LogP contribution in [-0.4, -0.2) is 18.9 Å². The van der Waals surface area contributed by atoms with E-state index >= 15 is 0 Å². The average molecular weight is 310 g/mol. The van der Waals surface area contributed by atoms with Gasteiger partial charge >= 0.3 is 0 Å². The molecule has 0 saturated carbocycles. The van der Waals surface area contributed by atoms with Crippen LogP contribution in [0.15, 0.2) is 54.6 Å². The standard InChI is InChI=1S/C19H22N2O2/c1-19(2,16-7-5-4-6-8-16)18(23)21-13-14-9-11-15(12-10-14)17(22)20-3/h4-12H,13H2,1-3H3,(H,20,22)(H,21,23). The van der Waals surface area contributed by atoms with Gasteiger partial charge in [-0.25, -0.2) is 0 Å². The molecule has 4 nitrogen and oxygen atoms in total. The first kappa shape index (κ1) is 16.7. The predicted octanol–water partition coefficient (Wildman–Crippen LogP) is 2.64. The van der Waals surface area contributed by atoms with Gasteiger partial charge in [-0.15, -0.1) is 0 Å². The summed E-state index contributed by atoms with van der Waals surface area (Å²) in [7, 11) is 1.60. The number of amides is 2. The molecule has 0 aliphatic carbocycles. The van der Waals surface area contributed by atoms with E-state index in [1.165, 1.54) is 0 Å². The molecule has 23 heavy (non-hydrogen) atoms. The Kier molecular flexibility index (Phi) is 5.16. The molecule has 4 heteroatoms. The number of hydrogen-bond acceptors (Lipinski definition) is 2. The molecule has 2 rings (SSSR count). The van der Waals surface area contributed by atoms with Gasteiger partial charge in [-0.3, -0.25) is 9.59 Å². The zero-order valence-electron chi connectivity index (χ0n) is 13.7. The van der Waals surface area contributed by atoms with Gasteiger partial charge < -0.3 is 10.6 Å². The molecule has 0 aromatic heterocycles. The number of benzene rings is 2. The van der Waals surface area contributed by atoms with Gasteiger partial charge in [0.15, 0.2) is 0 Å². The summed E-state index contributed by atoms with van der Waals surface area (Å²) in [6.07, 6.45) is 0. The molecular formula is C19H22N2O2. The number of carbonyl (C=O) groups is 2. The summed E-state index contributed by atoms with van der Waals surface area (Å²) in [5.41, 5.74) is 1.94. The van der Waals surface area contributed by atoms with Gasteiger partial charge in [0.05, 0.1) is 5.41 Å². The Balaban J connectivity index is 2.00. The minimum absolute atomic E-state index is 0.0286. The highest BCUT2D eigenvalue weighted by Gasteiger charge is 2.29. The molecule has 2 aromatic carbocycles. The lowest BCUT2D eigenvalue weighted by Crippen LogP contribution is -2.39. The molecule has 2 N–H and O–H groups in total. The normalized spacial score (nSPS) is 10.9. The van der Waals surface area contributed by atoms with Gasteiger partial charge in [-0.2, -0.15) is 0 Å². The van der Waals surface area contributed by atoms with Crippen molar-refractivity contribution in [2.24, 2.45) is 0 Å². The molecule has 0 bridgehead atoms. The van der Waals surface area contributed by atoms with Gasteiger partial charge in [0.1, 0.15) is 0 Å². The maximum Gasteiger partial charge on any atom is 0.251 e. The van der Waals surface area contributed by atoms with Gasteiger partial charge in [0.25, 0.3) is 5.91 Å². The van der Waals surface area contributed by atoms with Crippen LogP contribution in [0.5, 0.6) is 0 Å². The summed E-state index contributed by atoms with van der Waals surface area (Å²) in [5, 5.41) is 5.54. The molecular weight excluding hydrogens is 288 g/mol. The molecule has 0 radical (unpaired) electrons. The van der Waals surface area contributed by atoms with Crippen LogP contribution >= 0.6 is 0 Å². The Hall–Kier alpha value is -2.62. The quantitative estimate of drug-likeness (QED) is 0.892. The van der Waals surface area contributed by atoms with Crippen LogP contribution in [0.25, 0.3) is 0 Å². The maximum atomic E-state index is 12.5. The van der Waals surface area contributed by atoms with Crippen molar-refractivity contribution in [3.05, 3.63) is 71.3 Å². The molecule has 0 atom stereocenters. The Morgan fingerprint density at radius 3 is 2.13 bits per heavy atom. The van der Waals surface area contributed by atoms with Crippen molar-refractivity contribution in [2.75, 3.05) is 7.05 Å². The van der Waals surface area contributed by atoms with E-state index in [-0.39, 0.29) is 11.8 Å². The number of rotatable bonds is 5. The van der Waals surface area contributed by atoms with Crippen molar-refractivity contribution in [2.45, 2.75) is 25.8 Å². The van der Waals surface area contributed by atoms with Crippen molar-refractivity contribution < 1.29 is 9.59 Å².